The zero-order valence-corrected chi connectivity index (χ0v) is 10.4. The Morgan fingerprint density at radius 2 is 2.26 bits per heavy atom. The molecule has 2 atom stereocenters. The zero-order valence-electron chi connectivity index (χ0n) is 10.4. The number of hydrogen-bond donors (Lipinski definition) is 3. The molecule has 3 N–H and O–H groups in total. The summed E-state index contributed by atoms with van der Waals surface area (Å²) in [4.78, 5) is 17.1. The average Bonchev–Trinajstić information content (AvgIpc) is 3.02. The third-order valence-electron chi connectivity index (χ3n) is 3.66. The minimum Gasteiger partial charge on any atom is -0.394 e. The molecular weight excluding hydrogens is 244 g/mol. The summed E-state index contributed by atoms with van der Waals surface area (Å²) in [5, 5.41) is 19.9. The van der Waals surface area contributed by atoms with Gasteiger partial charge >= 0.3 is 0 Å². The molecule has 1 aromatic heterocycles. The van der Waals surface area contributed by atoms with Crippen molar-refractivity contribution in [3.8, 4) is 0 Å². The average molecular weight is 260 g/mol. The van der Waals surface area contributed by atoms with Gasteiger partial charge in [-0.05, 0) is 30.7 Å². The highest BCUT2D eigenvalue weighted by molar-refractivity contribution is 5.98. The van der Waals surface area contributed by atoms with E-state index in [1.54, 1.807) is 11.0 Å². The number of benzene rings is 1. The smallest absolute Gasteiger partial charge is 0.254 e. The molecule has 1 saturated heterocycles. The van der Waals surface area contributed by atoms with Crippen LogP contribution in [0.1, 0.15) is 16.8 Å². The first-order chi connectivity index (χ1) is 9.19. The molecule has 100 valence electrons. The largest absolute Gasteiger partial charge is 0.394 e. The molecule has 0 saturated carbocycles. The van der Waals surface area contributed by atoms with E-state index in [4.69, 9.17) is 0 Å². The maximum absolute atomic E-state index is 12.4. The van der Waals surface area contributed by atoms with Crippen LogP contribution in [-0.2, 0) is 0 Å². The van der Waals surface area contributed by atoms with E-state index in [1.165, 1.54) is 0 Å². The van der Waals surface area contributed by atoms with Gasteiger partial charge in [0, 0.05) is 29.2 Å². The fourth-order valence-electron chi connectivity index (χ4n) is 2.67. The third kappa shape index (κ3) is 2.11. The van der Waals surface area contributed by atoms with Crippen LogP contribution in [0, 0.1) is 0 Å². The maximum Gasteiger partial charge on any atom is 0.254 e. The number of carbonyl (C=O) groups excluding carboxylic acids is 1. The molecule has 0 unspecified atom stereocenters. The Hall–Kier alpha value is -1.85. The van der Waals surface area contributed by atoms with E-state index in [0.29, 0.717) is 12.0 Å². The first-order valence-corrected chi connectivity index (χ1v) is 6.36. The van der Waals surface area contributed by atoms with Crippen molar-refractivity contribution >= 4 is 16.8 Å². The van der Waals surface area contributed by atoms with Crippen molar-refractivity contribution in [1.29, 1.82) is 0 Å². The monoisotopic (exact) mass is 260 g/mol. The lowest BCUT2D eigenvalue weighted by molar-refractivity contribution is 0.0665. The lowest BCUT2D eigenvalue weighted by Gasteiger charge is -2.22. The number of rotatable bonds is 2. The summed E-state index contributed by atoms with van der Waals surface area (Å²) in [7, 11) is 0. The summed E-state index contributed by atoms with van der Waals surface area (Å²) in [5.41, 5.74) is 1.57. The molecular formula is C14H16N2O3. The SMILES string of the molecule is O=C(c1ccc2[nH]ccc2c1)N1C[C@H](O)C[C@H]1CO. The van der Waals surface area contributed by atoms with E-state index in [9.17, 15) is 15.0 Å². The van der Waals surface area contributed by atoms with Gasteiger partial charge < -0.3 is 20.1 Å². The standard InChI is InChI=1S/C14H16N2O3/c17-8-11-6-12(18)7-16(11)14(19)10-1-2-13-9(5-10)3-4-15-13/h1-5,11-12,15,17-18H,6-8H2/t11-,12+/m0/s1. The third-order valence-corrected chi connectivity index (χ3v) is 3.66. The number of H-pyrrole nitrogens is 1. The summed E-state index contributed by atoms with van der Waals surface area (Å²) in [6.07, 6.45) is 1.72. The molecule has 0 bridgehead atoms. The van der Waals surface area contributed by atoms with E-state index in [1.807, 2.05) is 24.4 Å². The van der Waals surface area contributed by atoms with Gasteiger partial charge in [0.25, 0.3) is 5.91 Å². The number of aromatic amines is 1. The molecule has 1 fully saturated rings. The minimum absolute atomic E-state index is 0.116. The summed E-state index contributed by atoms with van der Waals surface area (Å²) >= 11 is 0. The van der Waals surface area contributed by atoms with Gasteiger partial charge in [0.2, 0.25) is 0 Å². The fraction of sp³-hybridized carbons (Fsp3) is 0.357. The second-order valence-electron chi connectivity index (χ2n) is 4.96. The summed E-state index contributed by atoms with van der Waals surface area (Å²) < 4.78 is 0. The number of nitrogens with one attached hydrogen (secondary N) is 1. The number of likely N-dealkylation sites (tertiary alicyclic amines) is 1. The van der Waals surface area contributed by atoms with Crippen LogP contribution in [-0.4, -0.2) is 51.3 Å². The van der Waals surface area contributed by atoms with E-state index >= 15 is 0 Å². The predicted molar refractivity (Wildman–Crippen MR) is 70.8 cm³/mol. The fourth-order valence-corrected chi connectivity index (χ4v) is 2.67. The van der Waals surface area contributed by atoms with Crippen molar-refractivity contribution in [3.05, 3.63) is 36.0 Å². The van der Waals surface area contributed by atoms with Crippen molar-refractivity contribution in [2.45, 2.75) is 18.6 Å². The number of nitrogens with zero attached hydrogens (tertiary/aromatic N) is 1. The van der Waals surface area contributed by atoms with E-state index in [-0.39, 0.29) is 25.1 Å². The Morgan fingerprint density at radius 1 is 1.42 bits per heavy atom. The highest BCUT2D eigenvalue weighted by Gasteiger charge is 2.34. The van der Waals surface area contributed by atoms with Gasteiger partial charge in [0.05, 0.1) is 18.8 Å². The molecule has 5 nitrogen and oxygen atoms in total. The van der Waals surface area contributed by atoms with Gasteiger partial charge in [0.15, 0.2) is 0 Å². The van der Waals surface area contributed by atoms with Crippen molar-refractivity contribution < 1.29 is 15.0 Å². The molecule has 0 radical (unpaired) electrons. The number of hydrogen-bond acceptors (Lipinski definition) is 3. The Balaban J connectivity index is 1.90. The first kappa shape index (κ1) is 12.2. The highest BCUT2D eigenvalue weighted by Crippen LogP contribution is 2.22. The van der Waals surface area contributed by atoms with Gasteiger partial charge in [-0.15, -0.1) is 0 Å². The molecule has 3 rings (SSSR count). The van der Waals surface area contributed by atoms with Gasteiger partial charge in [-0.25, -0.2) is 0 Å². The second-order valence-corrected chi connectivity index (χ2v) is 4.96. The van der Waals surface area contributed by atoms with Crippen molar-refractivity contribution in [2.24, 2.45) is 0 Å². The Labute approximate surface area is 110 Å². The number of carbonyl (C=O) groups is 1. The Bertz CT molecular complexity index is 608. The first-order valence-electron chi connectivity index (χ1n) is 6.36. The Morgan fingerprint density at radius 3 is 3.05 bits per heavy atom. The van der Waals surface area contributed by atoms with Crippen molar-refractivity contribution in [1.82, 2.24) is 9.88 Å². The number of aliphatic hydroxyl groups is 2. The lowest BCUT2D eigenvalue weighted by atomic mass is 10.1. The number of fused-ring (bicyclic) bond motifs is 1. The highest BCUT2D eigenvalue weighted by atomic mass is 16.3. The summed E-state index contributed by atoms with van der Waals surface area (Å²) in [6.45, 7) is 0.171. The molecule has 2 heterocycles. The Kier molecular flexibility index (Phi) is 3.00. The zero-order chi connectivity index (χ0) is 13.4. The molecule has 1 aliphatic rings. The van der Waals surface area contributed by atoms with Crippen LogP contribution in [0.3, 0.4) is 0 Å². The molecule has 0 spiro atoms. The van der Waals surface area contributed by atoms with Crippen LogP contribution in [0.4, 0.5) is 0 Å². The van der Waals surface area contributed by atoms with Crippen molar-refractivity contribution in [2.75, 3.05) is 13.2 Å². The maximum atomic E-state index is 12.4. The van der Waals surface area contributed by atoms with Gasteiger partial charge in [-0.3, -0.25) is 4.79 Å². The molecule has 1 aliphatic heterocycles. The number of amides is 1. The molecule has 1 amide bonds. The minimum atomic E-state index is -0.544. The quantitative estimate of drug-likeness (QED) is 0.745. The van der Waals surface area contributed by atoms with Gasteiger partial charge in [0.1, 0.15) is 0 Å². The van der Waals surface area contributed by atoms with E-state index in [2.05, 4.69) is 4.98 Å². The molecule has 0 aliphatic carbocycles. The van der Waals surface area contributed by atoms with Gasteiger partial charge in [-0.1, -0.05) is 0 Å². The number of β-amino-alcohol motifs (C(OH)–C–C–N with tert-alkyl or cyclic N) is 1. The van der Waals surface area contributed by atoms with Crippen LogP contribution in [0.15, 0.2) is 30.5 Å². The predicted octanol–water partition coefficient (Wildman–Crippen LogP) is 0.736. The normalized spacial score (nSPS) is 23.2. The van der Waals surface area contributed by atoms with Crippen LogP contribution in [0.5, 0.6) is 0 Å². The summed E-state index contributed by atoms with van der Waals surface area (Å²) in [5.74, 6) is -0.140. The van der Waals surface area contributed by atoms with Crippen LogP contribution >= 0.6 is 0 Å². The van der Waals surface area contributed by atoms with Crippen LogP contribution in [0.2, 0.25) is 0 Å². The van der Waals surface area contributed by atoms with Gasteiger partial charge in [-0.2, -0.15) is 0 Å². The van der Waals surface area contributed by atoms with E-state index < -0.39 is 6.10 Å². The summed E-state index contributed by atoms with van der Waals surface area (Å²) in [6, 6.07) is 7.08. The topological polar surface area (TPSA) is 76.6 Å². The molecule has 5 heteroatoms. The number of aromatic nitrogens is 1. The van der Waals surface area contributed by atoms with E-state index in [0.717, 1.165) is 10.9 Å². The van der Waals surface area contributed by atoms with Crippen molar-refractivity contribution in [3.63, 3.8) is 0 Å². The second kappa shape index (κ2) is 4.68. The van der Waals surface area contributed by atoms with Crippen LogP contribution in [0.25, 0.3) is 10.9 Å². The molecule has 19 heavy (non-hydrogen) atoms. The lowest BCUT2D eigenvalue weighted by Crippen LogP contribution is -2.37. The number of aliphatic hydroxyl groups excluding tert-OH is 2. The molecule has 1 aromatic carbocycles. The molecule has 2 aromatic rings. The van der Waals surface area contributed by atoms with Crippen LogP contribution < -0.4 is 0 Å².